The van der Waals surface area contributed by atoms with Crippen LogP contribution in [0.15, 0.2) is 48.5 Å². The molecular formula is C24H31ClN2O2. The van der Waals surface area contributed by atoms with Gasteiger partial charge in [0.1, 0.15) is 6.04 Å². The standard InChI is InChI=1S/C24H31ClN2O2/c1-4-18-7-9-19(10-8-18)13-16-23(28)27(22(5-2)24(29)26-6-3)17-20-11-14-21(25)15-12-20/h7-12,14-15,22H,4-6,13,16-17H2,1-3H3,(H,26,29). The van der Waals surface area contributed by atoms with Gasteiger partial charge in [-0.25, -0.2) is 0 Å². The summed E-state index contributed by atoms with van der Waals surface area (Å²) >= 11 is 5.99. The minimum absolute atomic E-state index is 0.0161. The van der Waals surface area contributed by atoms with Crippen LogP contribution in [0.2, 0.25) is 5.02 Å². The van der Waals surface area contributed by atoms with Gasteiger partial charge < -0.3 is 10.2 Å². The van der Waals surface area contributed by atoms with Gasteiger partial charge in [-0.2, -0.15) is 0 Å². The van der Waals surface area contributed by atoms with E-state index in [2.05, 4.69) is 36.5 Å². The lowest BCUT2D eigenvalue weighted by molar-refractivity contribution is -0.141. The minimum Gasteiger partial charge on any atom is -0.355 e. The number of aryl methyl sites for hydroxylation is 2. The number of carbonyl (C=O) groups is 2. The number of hydrogen-bond acceptors (Lipinski definition) is 2. The maximum Gasteiger partial charge on any atom is 0.242 e. The van der Waals surface area contributed by atoms with Crippen molar-refractivity contribution in [3.05, 3.63) is 70.2 Å². The van der Waals surface area contributed by atoms with Crippen LogP contribution in [0.25, 0.3) is 0 Å². The average molecular weight is 415 g/mol. The molecule has 2 rings (SSSR count). The normalized spacial score (nSPS) is 11.7. The molecule has 29 heavy (non-hydrogen) atoms. The third-order valence-corrected chi connectivity index (χ3v) is 5.31. The van der Waals surface area contributed by atoms with Gasteiger partial charge in [0.15, 0.2) is 0 Å². The fourth-order valence-corrected chi connectivity index (χ4v) is 3.46. The number of benzene rings is 2. The van der Waals surface area contributed by atoms with E-state index < -0.39 is 6.04 Å². The van der Waals surface area contributed by atoms with Crippen molar-refractivity contribution in [1.29, 1.82) is 0 Å². The van der Waals surface area contributed by atoms with Crippen LogP contribution in [0.4, 0.5) is 0 Å². The molecule has 1 unspecified atom stereocenters. The third kappa shape index (κ3) is 6.90. The van der Waals surface area contributed by atoms with Crippen LogP contribution in [0.3, 0.4) is 0 Å². The summed E-state index contributed by atoms with van der Waals surface area (Å²) in [5.74, 6) is -0.123. The molecule has 0 aromatic heterocycles. The van der Waals surface area contributed by atoms with Gasteiger partial charge in [0.25, 0.3) is 0 Å². The Kier molecular flexibility index (Phi) is 9.20. The second-order valence-electron chi connectivity index (χ2n) is 7.14. The Labute approximate surface area is 179 Å². The van der Waals surface area contributed by atoms with Gasteiger partial charge in [-0.05, 0) is 55.0 Å². The summed E-state index contributed by atoms with van der Waals surface area (Å²) in [7, 11) is 0. The van der Waals surface area contributed by atoms with Gasteiger partial charge in [0.2, 0.25) is 11.8 Å². The smallest absolute Gasteiger partial charge is 0.242 e. The molecule has 1 atom stereocenters. The summed E-state index contributed by atoms with van der Waals surface area (Å²) in [6, 6.07) is 15.3. The van der Waals surface area contributed by atoms with Crippen molar-refractivity contribution < 1.29 is 9.59 Å². The first kappa shape index (κ1) is 23.0. The molecule has 0 fully saturated rings. The van der Waals surface area contributed by atoms with E-state index in [-0.39, 0.29) is 11.8 Å². The second-order valence-corrected chi connectivity index (χ2v) is 7.57. The summed E-state index contributed by atoms with van der Waals surface area (Å²) in [5.41, 5.74) is 3.37. The zero-order valence-corrected chi connectivity index (χ0v) is 18.3. The van der Waals surface area contributed by atoms with Crippen molar-refractivity contribution in [3.8, 4) is 0 Å². The van der Waals surface area contributed by atoms with E-state index in [0.29, 0.717) is 37.4 Å². The van der Waals surface area contributed by atoms with Gasteiger partial charge in [-0.3, -0.25) is 9.59 Å². The molecule has 2 aromatic carbocycles. The molecule has 0 bridgehead atoms. The lowest BCUT2D eigenvalue weighted by Gasteiger charge is -2.30. The molecule has 0 spiro atoms. The summed E-state index contributed by atoms with van der Waals surface area (Å²) in [6.45, 7) is 6.88. The molecule has 5 heteroatoms. The number of rotatable bonds is 10. The van der Waals surface area contributed by atoms with Crippen molar-refractivity contribution in [2.24, 2.45) is 0 Å². The highest BCUT2D eigenvalue weighted by Crippen LogP contribution is 2.17. The molecular weight excluding hydrogens is 384 g/mol. The molecule has 0 aliphatic carbocycles. The van der Waals surface area contributed by atoms with Gasteiger partial charge in [0, 0.05) is 24.5 Å². The van der Waals surface area contributed by atoms with E-state index in [1.165, 1.54) is 5.56 Å². The van der Waals surface area contributed by atoms with Crippen LogP contribution in [-0.2, 0) is 29.0 Å². The van der Waals surface area contributed by atoms with Crippen molar-refractivity contribution in [3.63, 3.8) is 0 Å². The Hall–Kier alpha value is -2.33. The molecule has 0 aliphatic heterocycles. The predicted molar refractivity (Wildman–Crippen MR) is 119 cm³/mol. The molecule has 0 radical (unpaired) electrons. The van der Waals surface area contributed by atoms with Gasteiger partial charge >= 0.3 is 0 Å². The van der Waals surface area contributed by atoms with E-state index in [9.17, 15) is 9.59 Å². The third-order valence-electron chi connectivity index (χ3n) is 5.06. The highest BCUT2D eigenvalue weighted by molar-refractivity contribution is 6.30. The first-order valence-corrected chi connectivity index (χ1v) is 10.8. The predicted octanol–water partition coefficient (Wildman–Crippen LogP) is 4.78. The van der Waals surface area contributed by atoms with Crippen LogP contribution in [0.1, 0.15) is 50.3 Å². The number of nitrogens with zero attached hydrogens (tertiary/aromatic N) is 1. The largest absolute Gasteiger partial charge is 0.355 e. The number of carbonyl (C=O) groups excluding carboxylic acids is 2. The molecule has 4 nitrogen and oxygen atoms in total. The lowest BCUT2D eigenvalue weighted by Crippen LogP contribution is -2.49. The highest BCUT2D eigenvalue weighted by Gasteiger charge is 2.28. The number of likely N-dealkylation sites (N-methyl/N-ethyl adjacent to an activating group) is 1. The van der Waals surface area contributed by atoms with Crippen LogP contribution < -0.4 is 5.32 Å². The summed E-state index contributed by atoms with van der Waals surface area (Å²) in [4.78, 5) is 27.4. The highest BCUT2D eigenvalue weighted by atomic mass is 35.5. The van der Waals surface area contributed by atoms with Crippen LogP contribution in [0, 0.1) is 0 Å². The van der Waals surface area contributed by atoms with Crippen molar-refractivity contribution in [2.75, 3.05) is 6.54 Å². The lowest BCUT2D eigenvalue weighted by atomic mass is 10.0. The molecule has 156 valence electrons. The number of hydrogen-bond donors (Lipinski definition) is 1. The number of nitrogens with one attached hydrogen (secondary N) is 1. The Balaban J connectivity index is 2.15. The Bertz CT molecular complexity index is 788. The molecule has 0 heterocycles. The van der Waals surface area contributed by atoms with E-state index in [1.807, 2.05) is 38.1 Å². The average Bonchev–Trinajstić information content (AvgIpc) is 2.73. The molecule has 0 aliphatic rings. The van der Waals surface area contributed by atoms with Gasteiger partial charge in [-0.1, -0.05) is 61.8 Å². The molecule has 2 aromatic rings. The number of halogens is 1. The SMILES string of the molecule is CCNC(=O)C(CC)N(Cc1ccc(Cl)cc1)C(=O)CCc1ccc(CC)cc1. The topological polar surface area (TPSA) is 49.4 Å². The Morgan fingerprint density at radius 3 is 2.07 bits per heavy atom. The summed E-state index contributed by atoms with van der Waals surface area (Å²) in [5, 5.41) is 3.51. The summed E-state index contributed by atoms with van der Waals surface area (Å²) in [6.07, 6.45) is 2.59. The van der Waals surface area contributed by atoms with E-state index in [1.54, 1.807) is 4.90 Å². The van der Waals surface area contributed by atoms with E-state index >= 15 is 0 Å². The zero-order chi connectivity index (χ0) is 21.2. The second kappa shape index (κ2) is 11.6. The number of amides is 2. The fourth-order valence-electron chi connectivity index (χ4n) is 3.33. The van der Waals surface area contributed by atoms with Crippen LogP contribution in [-0.4, -0.2) is 29.3 Å². The Morgan fingerprint density at radius 2 is 1.52 bits per heavy atom. The molecule has 1 N–H and O–H groups in total. The zero-order valence-electron chi connectivity index (χ0n) is 17.6. The van der Waals surface area contributed by atoms with E-state index in [4.69, 9.17) is 11.6 Å². The maximum absolute atomic E-state index is 13.1. The summed E-state index contributed by atoms with van der Waals surface area (Å²) < 4.78 is 0. The minimum atomic E-state index is -0.486. The van der Waals surface area contributed by atoms with E-state index in [0.717, 1.165) is 17.5 Å². The maximum atomic E-state index is 13.1. The molecule has 0 saturated carbocycles. The van der Waals surface area contributed by atoms with Crippen molar-refractivity contribution in [1.82, 2.24) is 10.2 Å². The van der Waals surface area contributed by atoms with Crippen molar-refractivity contribution in [2.45, 2.75) is 59.0 Å². The van der Waals surface area contributed by atoms with Crippen LogP contribution in [0.5, 0.6) is 0 Å². The van der Waals surface area contributed by atoms with Crippen LogP contribution >= 0.6 is 11.6 Å². The van der Waals surface area contributed by atoms with Crippen molar-refractivity contribution >= 4 is 23.4 Å². The van der Waals surface area contributed by atoms with Gasteiger partial charge in [-0.15, -0.1) is 0 Å². The first-order valence-electron chi connectivity index (χ1n) is 10.4. The first-order chi connectivity index (χ1) is 14.0. The fraction of sp³-hybridized carbons (Fsp3) is 0.417. The van der Waals surface area contributed by atoms with Gasteiger partial charge in [0.05, 0.1) is 0 Å². The molecule has 0 saturated heterocycles. The quantitative estimate of drug-likeness (QED) is 0.608. The Morgan fingerprint density at radius 1 is 0.931 bits per heavy atom. The monoisotopic (exact) mass is 414 g/mol. The molecule has 2 amide bonds.